The molecule has 38 heavy (non-hydrogen) atoms. The van der Waals surface area contributed by atoms with Crippen molar-refractivity contribution < 1.29 is 31.2 Å². The van der Waals surface area contributed by atoms with Crippen LogP contribution in [0.15, 0.2) is 29.4 Å². The summed E-state index contributed by atoms with van der Waals surface area (Å²) in [4.78, 5) is 30.7. The summed E-state index contributed by atoms with van der Waals surface area (Å²) < 4.78 is 70.0. The van der Waals surface area contributed by atoms with Gasteiger partial charge in [0.25, 0.3) is 0 Å². The molecule has 1 saturated heterocycles. The number of nitrogens with zero attached hydrogens (tertiary/aromatic N) is 5. The minimum Gasteiger partial charge on any atom is -0.336 e. The number of benzene rings is 1. The molecule has 1 aromatic heterocycles. The molecule has 2 aliphatic carbocycles. The van der Waals surface area contributed by atoms with Crippen molar-refractivity contribution in [1.82, 2.24) is 25.0 Å². The molecule has 3 fully saturated rings. The molecule has 1 N–H and O–H groups in total. The first-order valence-electron chi connectivity index (χ1n) is 11.8. The molecule has 2 aromatic rings. The van der Waals surface area contributed by atoms with E-state index in [-0.39, 0.29) is 10.2 Å². The van der Waals surface area contributed by atoms with Gasteiger partial charge < -0.3 is 10.2 Å². The van der Waals surface area contributed by atoms with Gasteiger partial charge in [-0.1, -0.05) is 0 Å². The fourth-order valence-electron chi connectivity index (χ4n) is 4.86. The summed E-state index contributed by atoms with van der Waals surface area (Å²) in [5.41, 5.74) is -2.95. The lowest BCUT2D eigenvalue weighted by Crippen LogP contribution is -2.53. The topological polar surface area (TPSA) is 138 Å². The largest absolute Gasteiger partial charge is 0.403 e. The molecule has 1 aliphatic heterocycles. The Bertz CT molecular complexity index is 1480. The van der Waals surface area contributed by atoms with Crippen LogP contribution in [0.25, 0.3) is 5.69 Å². The number of likely N-dealkylation sites (tertiary alicyclic amines) is 1. The molecule has 2 saturated carbocycles. The third-order valence-corrected chi connectivity index (χ3v) is 9.95. The minimum atomic E-state index is -4.83. The minimum absolute atomic E-state index is 0.00366. The normalized spacial score (nSPS) is 23.5. The van der Waals surface area contributed by atoms with E-state index in [0.29, 0.717) is 24.1 Å². The van der Waals surface area contributed by atoms with Gasteiger partial charge in [0, 0.05) is 6.54 Å². The number of aromatic nitrogens is 3. The van der Waals surface area contributed by atoms with Crippen molar-refractivity contribution >= 4 is 33.3 Å². The zero-order valence-electron chi connectivity index (χ0n) is 20.0. The van der Waals surface area contributed by atoms with E-state index in [1.54, 1.807) is 6.92 Å². The number of carbonyl (C=O) groups is 2. The highest BCUT2D eigenvalue weighted by atomic mass is 35.5. The number of carbonyl (C=O) groups excluding carboxylic acids is 2. The summed E-state index contributed by atoms with van der Waals surface area (Å²) in [7, 11) is -4.18. The Morgan fingerprint density at radius 2 is 1.92 bits per heavy atom. The summed E-state index contributed by atoms with van der Waals surface area (Å²) in [5, 5.41) is 14.5. The van der Waals surface area contributed by atoms with E-state index in [9.17, 15) is 36.4 Å². The van der Waals surface area contributed by atoms with Crippen LogP contribution in [0.2, 0.25) is 5.28 Å². The molecule has 2 amide bonds. The molecule has 2 heterocycles. The highest BCUT2D eigenvalue weighted by Gasteiger charge is 2.70. The Labute approximate surface area is 220 Å². The second-order valence-electron chi connectivity index (χ2n) is 10.0. The lowest BCUT2D eigenvalue weighted by molar-refractivity contribution is -0.199. The monoisotopic (exact) mass is 570 g/mol. The number of halogens is 4. The van der Waals surface area contributed by atoms with Crippen molar-refractivity contribution in [3.8, 4) is 11.8 Å². The Balaban J connectivity index is 1.45. The van der Waals surface area contributed by atoms with E-state index in [2.05, 4.69) is 15.4 Å². The van der Waals surface area contributed by atoms with E-state index in [1.807, 2.05) is 6.07 Å². The average molecular weight is 571 g/mol. The summed E-state index contributed by atoms with van der Waals surface area (Å²) in [6.45, 7) is 0.972. The van der Waals surface area contributed by atoms with Gasteiger partial charge >= 0.3 is 6.18 Å². The first kappa shape index (κ1) is 26.4. The first-order valence-corrected chi connectivity index (χ1v) is 13.7. The molecule has 1 aromatic carbocycles. The first-order chi connectivity index (χ1) is 17.7. The molecule has 2 atom stereocenters. The maximum Gasteiger partial charge on any atom is 0.403 e. The molecule has 0 bridgehead atoms. The SMILES string of the molecule is Cc1cc(-n2cnc(Cl)n2)ccc1S(=O)(=O)[C@@H]1C[C@H](C(=O)NC2(C#N)CC2)N(C(=O)C2(C(F)(F)F)CC2)C1. The maximum absolute atomic E-state index is 13.8. The third-order valence-electron chi connectivity index (χ3n) is 7.49. The van der Waals surface area contributed by atoms with Gasteiger partial charge in [0.15, 0.2) is 9.84 Å². The van der Waals surface area contributed by atoms with Crippen molar-refractivity contribution in [2.45, 2.75) is 66.9 Å². The molecular weight excluding hydrogens is 549 g/mol. The quantitative estimate of drug-likeness (QED) is 0.563. The molecule has 10 nitrogen and oxygen atoms in total. The van der Waals surface area contributed by atoms with Crippen molar-refractivity contribution in [3.05, 3.63) is 35.4 Å². The molecule has 202 valence electrons. The molecule has 3 aliphatic rings. The van der Waals surface area contributed by atoms with Gasteiger partial charge in [0.1, 0.15) is 23.3 Å². The van der Waals surface area contributed by atoms with E-state index in [4.69, 9.17) is 11.6 Å². The smallest absolute Gasteiger partial charge is 0.336 e. The van der Waals surface area contributed by atoms with Crippen molar-refractivity contribution in [2.24, 2.45) is 5.41 Å². The summed E-state index contributed by atoms with van der Waals surface area (Å²) in [5.74, 6) is -2.14. The number of rotatable bonds is 6. The number of sulfone groups is 1. The molecular formula is C23H22ClF3N6O4S. The molecule has 0 spiro atoms. The fourth-order valence-corrected chi connectivity index (χ4v) is 6.91. The second-order valence-corrected chi connectivity index (χ2v) is 12.6. The summed E-state index contributed by atoms with van der Waals surface area (Å²) >= 11 is 5.74. The highest BCUT2D eigenvalue weighted by molar-refractivity contribution is 7.92. The third kappa shape index (κ3) is 4.31. The molecule has 0 radical (unpaired) electrons. The second kappa shape index (κ2) is 8.67. The van der Waals surface area contributed by atoms with Gasteiger partial charge in [-0.15, -0.1) is 5.10 Å². The standard InChI is InChI=1S/C23H22ClF3N6O4S/c1-13-8-14(33-12-29-20(24)31-33)2-3-17(13)38(36,37)15-9-16(18(34)30-21(11-28)4-5-21)32(10-15)19(35)22(6-7-22)23(25,26)27/h2-3,8,12,15-16H,4-7,9-10H2,1H3,(H,30,34)/t15-,16-/m1/s1. The predicted molar refractivity (Wildman–Crippen MR) is 126 cm³/mol. The lowest BCUT2D eigenvalue weighted by Gasteiger charge is -2.29. The number of hydrogen-bond acceptors (Lipinski definition) is 7. The number of amides is 2. The molecule has 15 heteroatoms. The van der Waals surface area contributed by atoms with Crippen LogP contribution in [0.4, 0.5) is 13.2 Å². The molecule has 0 unspecified atom stereocenters. The number of nitriles is 1. The van der Waals surface area contributed by atoms with Gasteiger partial charge in [0.2, 0.25) is 17.1 Å². The van der Waals surface area contributed by atoms with Crippen molar-refractivity contribution in [2.75, 3.05) is 6.54 Å². The predicted octanol–water partition coefficient (Wildman–Crippen LogP) is 2.49. The van der Waals surface area contributed by atoms with Gasteiger partial charge in [0.05, 0.1) is 21.9 Å². The number of hydrogen-bond donors (Lipinski definition) is 1. The van der Waals surface area contributed by atoms with Crippen LogP contribution < -0.4 is 5.32 Å². The highest BCUT2D eigenvalue weighted by Crippen LogP contribution is 2.59. The van der Waals surface area contributed by atoms with Crippen LogP contribution in [-0.2, 0) is 19.4 Å². The Hall–Kier alpha value is -3.18. The van der Waals surface area contributed by atoms with Crippen LogP contribution in [0.3, 0.4) is 0 Å². The number of alkyl halides is 3. The number of aryl methyl sites for hydroxylation is 1. The van der Waals surface area contributed by atoms with Crippen LogP contribution >= 0.6 is 11.6 Å². The van der Waals surface area contributed by atoms with Crippen molar-refractivity contribution in [1.29, 1.82) is 5.26 Å². The zero-order valence-corrected chi connectivity index (χ0v) is 21.6. The van der Waals surface area contributed by atoms with E-state index in [0.717, 1.165) is 4.90 Å². The van der Waals surface area contributed by atoms with Gasteiger partial charge in [-0.25, -0.2) is 18.1 Å². The van der Waals surface area contributed by atoms with E-state index < -0.39 is 75.9 Å². The van der Waals surface area contributed by atoms with Gasteiger partial charge in [-0.3, -0.25) is 9.59 Å². The van der Waals surface area contributed by atoms with Gasteiger partial charge in [-0.2, -0.15) is 18.4 Å². The van der Waals surface area contributed by atoms with Crippen molar-refractivity contribution in [3.63, 3.8) is 0 Å². The van der Waals surface area contributed by atoms with Crippen LogP contribution in [-0.4, -0.2) is 69.4 Å². The van der Waals surface area contributed by atoms with Gasteiger partial charge in [-0.05, 0) is 74.4 Å². The van der Waals surface area contributed by atoms with Crippen LogP contribution in [0.1, 0.15) is 37.7 Å². The van der Waals surface area contributed by atoms with E-state index >= 15 is 0 Å². The van der Waals surface area contributed by atoms with Crippen LogP contribution in [0.5, 0.6) is 0 Å². The summed E-state index contributed by atoms with van der Waals surface area (Å²) in [6, 6.07) is 4.85. The summed E-state index contributed by atoms with van der Waals surface area (Å²) in [6.07, 6.45) is -3.99. The van der Waals surface area contributed by atoms with Crippen LogP contribution in [0, 0.1) is 23.7 Å². The molecule has 5 rings (SSSR count). The Morgan fingerprint density at radius 3 is 2.42 bits per heavy atom. The lowest BCUT2D eigenvalue weighted by atomic mass is 10.0. The number of nitrogens with one attached hydrogen (secondary N) is 1. The Morgan fingerprint density at radius 1 is 1.24 bits per heavy atom. The Kier molecular flexibility index (Phi) is 6.03. The zero-order chi connectivity index (χ0) is 27.7. The van der Waals surface area contributed by atoms with E-state index in [1.165, 1.54) is 29.2 Å². The fraction of sp³-hybridized carbons (Fsp3) is 0.522. The maximum atomic E-state index is 13.8. The average Bonchev–Trinajstić information content (AvgIpc) is 3.73.